The number of hydrogen-bond donors (Lipinski definition) is 2. The fraction of sp³-hybridized carbons (Fsp3) is 0.176. The molecule has 0 saturated heterocycles. The third-order valence-corrected chi connectivity index (χ3v) is 4.51. The van der Waals surface area contributed by atoms with Gasteiger partial charge in [-0.05, 0) is 49.0 Å². The SMILES string of the molecule is CCNC(=S)N/N=C\c1cc(Cl)c(OCc2ccc(Cl)cc2Cl)c(Cl)c1. The zero-order valence-electron chi connectivity index (χ0n) is 13.7. The predicted molar refractivity (Wildman–Crippen MR) is 114 cm³/mol. The molecule has 0 atom stereocenters. The first-order chi connectivity index (χ1) is 12.4. The molecule has 0 unspecified atom stereocenters. The standard InChI is InChI=1S/C17H15Cl4N3OS/c1-2-22-17(26)24-23-8-10-5-14(20)16(15(21)6-10)25-9-11-3-4-12(18)7-13(11)19/h3-8H,2,9H2,1H3,(H2,22,24,26)/b23-8-. The molecule has 2 rings (SSSR count). The molecular weight excluding hydrogens is 436 g/mol. The van der Waals surface area contributed by atoms with Crippen LogP contribution in [-0.2, 0) is 6.61 Å². The molecule has 0 aliphatic rings. The zero-order chi connectivity index (χ0) is 19.1. The van der Waals surface area contributed by atoms with Crippen LogP contribution in [-0.4, -0.2) is 17.9 Å². The summed E-state index contributed by atoms with van der Waals surface area (Å²) >= 11 is 29.6. The summed E-state index contributed by atoms with van der Waals surface area (Å²) in [5.74, 6) is 0.368. The Morgan fingerprint density at radius 1 is 1.12 bits per heavy atom. The van der Waals surface area contributed by atoms with Crippen LogP contribution in [0.5, 0.6) is 5.75 Å². The molecule has 0 fully saturated rings. The maximum absolute atomic E-state index is 6.27. The molecule has 0 amide bonds. The molecule has 0 heterocycles. The summed E-state index contributed by atoms with van der Waals surface area (Å²) in [6.07, 6.45) is 1.56. The molecular formula is C17H15Cl4N3OS. The Bertz CT molecular complexity index is 807. The fourth-order valence-corrected chi connectivity index (χ4v) is 3.22. The first-order valence-corrected chi connectivity index (χ1v) is 9.45. The summed E-state index contributed by atoms with van der Waals surface area (Å²) in [7, 11) is 0. The van der Waals surface area contributed by atoms with Crippen molar-refractivity contribution in [2.24, 2.45) is 5.10 Å². The topological polar surface area (TPSA) is 45.7 Å². The van der Waals surface area contributed by atoms with Gasteiger partial charge in [0.2, 0.25) is 0 Å². The maximum atomic E-state index is 6.27. The predicted octanol–water partition coefficient (Wildman–Crippen LogP) is 5.70. The van der Waals surface area contributed by atoms with Crippen LogP contribution in [0.4, 0.5) is 0 Å². The van der Waals surface area contributed by atoms with Gasteiger partial charge in [-0.1, -0.05) is 52.5 Å². The molecule has 0 bridgehead atoms. The molecule has 0 aromatic heterocycles. The van der Waals surface area contributed by atoms with E-state index in [4.69, 9.17) is 63.4 Å². The summed E-state index contributed by atoms with van der Waals surface area (Å²) in [6, 6.07) is 8.54. The second-order valence-corrected chi connectivity index (χ2v) is 7.13. The smallest absolute Gasteiger partial charge is 0.186 e. The third-order valence-electron chi connectivity index (χ3n) is 3.12. The number of hydrazone groups is 1. The van der Waals surface area contributed by atoms with Crippen molar-refractivity contribution >= 4 is 69.9 Å². The van der Waals surface area contributed by atoms with Gasteiger partial charge >= 0.3 is 0 Å². The number of nitrogens with zero attached hydrogens (tertiary/aromatic N) is 1. The van der Waals surface area contributed by atoms with Crippen LogP contribution < -0.4 is 15.5 Å². The van der Waals surface area contributed by atoms with Crippen molar-refractivity contribution in [3.8, 4) is 5.75 Å². The molecule has 0 spiro atoms. The average Bonchev–Trinajstić information content (AvgIpc) is 2.56. The third kappa shape index (κ3) is 6.18. The van der Waals surface area contributed by atoms with Crippen molar-refractivity contribution in [1.29, 1.82) is 0 Å². The lowest BCUT2D eigenvalue weighted by Gasteiger charge is -2.12. The van der Waals surface area contributed by atoms with E-state index in [1.54, 1.807) is 36.5 Å². The van der Waals surface area contributed by atoms with Crippen LogP contribution in [0, 0.1) is 0 Å². The Balaban J connectivity index is 2.06. The second-order valence-electron chi connectivity index (χ2n) is 5.07. The lowest BCUT2D eigenvalue weighted by molar-refractivity contribution is 0.306. The highest BCUT2D eigenvalue weighted by atomic mass is 35.5. The molecule has 2 N–H and O–H groups in total. The van der Waals surface area contributed by atoms with E-state index in [9.17, 15) is 0 Å². The minimum absolute atomic E-state index is 0.210. The zero-order valence-corrected chi connectivity index (χ0v) is 17.5. The van der Waals surface area contributed by atoms with Gasteiger partial charge in [0.25, 0.3) is 0 Å². The maximum Gasteiger partial charge on any atom is 0.186 e. The molecule has 0 aliphatic carbocycles. The number of thiocarbonyl (C=S) groups is 1. The van der Waals surface area contributed by atoms with E-state index < -0.39 is 0 Å². The minimum atomic E-state index is 0.210. The number of benzene rings is 2. The molecule has 0 saturated carbocycles. The van der Waals surface area contributed by atoms with Crippen molar-refractivity contribution < 1.29 is 4.74 Å². The van der Waals surface area contributed by atoms with Gasteiger partial charge in [-0.25, -0.2) is 0 Å². The first kappa shape index (κ1) is 21.1. The summed E-state index contributed by atoms with van der Waals surface area (Å²) < 4.78 is 5.72. The molecule has 4 nitrogen and oxygen atoms in total. The van der Waals surface area contributed by atoms with Crippen molar-refractivity contribution in [2.75, 3.05) is 6.54 Å². The van der Waals surface area contributed by atoms with E-state index in [1.165, 1.54) is 0 Å². The second kappa shape index (κ2) is 10.2. The van der Waals surface area contributed by atoms with Crippen LogP contribution in [0.1, 0.15) is 18.1 Å². The van der Waals surface area contributed by atoms with Gasteiger partial charge in [-0.3, -0.25) is 5.43 Å². The number of nitrogens with one attached hydrogen (secondary N) is 2. The van der Waals surface area contributed by atoms with Crippen molar-refractivity contribution in [1.82, 2.24) is 10.7 Å². The molecule has 0 radical (unpaired) electrons. The summed E-state index contributed by atoms with van der Waals surface area (Å²) in [6.45, 7) is 2.86. The molecule has 2 aromatic rings. The van der Waals surface area contributed by atoms with E-state index in [0.29, 0.717) is 43.1 Å². The quantitative estimate of drug-likeness (QED) is 0.336. The van der Waals surface area contributed by atoms with Crippen molar-refractivity contribution in [3.05, 3.63) is 61.5 Å². The van der Waals surface area contributed by atoms with Crippen LogP contribution in [0.2, 0.25) is 20.1 Å². The van der Waals surface area contributed by atoms with Gasteiger partial charge in [-0.15, -0.1) is 0 Å². The van der Waals surface area contributed by atoms with Gasteiger partial charge in [-0.2, -0.15) is 5.10 Å². The van der Waals surface area contributed by atoms with E-state index >= 15 is 0 Å². The summed E-state index contributed by atoms with van der Waals surface area (Å²) in [5, 5.41) is 9.15. The molecule has 26 heavy (non-hydrogen) atoms. The monoisotopic (exact) mass is 449 g/mol. The highest BCUT2D eigenvalue weighted by Gasteiger charge is 2.11. The van der Waals surface area contributed by atoms with Gasteiger partial charge < -0.3 is 10.1 Å². The lowest BCUT2D eigenvalue weighted by Crippen LogP contribution is -2.31. The Morgan fingerprint density at radius 3 is 2.42 bits per heavy atom. The molecule has 2 aromatic carbocycles. The van der Waals surface area contributed by atoms with Gasteiger partial charge in [0, 0.05) is 22.2 Å². The van der Waals surface area contributed by atoms with Crippen LogP contribution >= 0.6 is 58.6 Å². The molecule has 138 valence electrons. The minimum Gasteiger partial charge on any atom is -0.486 e. The number of halogens is 4. The van der Waals surface area contributed by atoms with Gasteiger partial charge in [0.15, 0.2) is 10.9 Å². The lowest BCUT2D eigenvalue weighted by atomic mass is 10.2. The fourth-order valence-electron chi connectivity index (χ4n) is 1.95. The highest BCUT2D eigenvalue weighted by molar-refractivity contribution is 7.80. The number of ether oxygens (including phenoxy) is 1. The van der Waals surface area contributed by atoms with Crippen molar-refractivity contribution in [3.63, 3.8) is 0 Å². The first-order valence-electron chi connectivity index (χ1n) is 7.53. The Kier molecular flexibility index (Phi) is 8.25. The molecule has 9 heteroatoms. The van der Waals surface area contributed by atoms with Gasteiger partial charge in [0.05, 0.1) is 16.3 Å². The molecule has 0 aliphatic heterocycles. The van der Waals surface area contributed by atoms with E-state index in [-0.39, 0.29) is 6.61 Å². The number of hydrogen-bond acceptors (Lipinski definition) is 3. The van der Waals surface area contributed by atoms with Crippen molar-refractivity contribution in [2.45, 2.75) is 13.5 Å². The van der Waals surface area contributed by atoms with Gasteiger partial charge in [0.1, 0.15) is 6.61 Å². The highest BCUT2D eigenvalue weighted by Crippen LogP contribution is 2.35. The summed E-state index contributed by atoms with van der Waals surface area (Å²) in [5.41, 5.74) is 4.16. The Morgan fingerprint density at radius 2 is 1.81 bits per heavy atom. The van der Waals surface area contributed by atoms with E-state index in [0.717, 1.165) is 5.56 Å². The number of rotatable bonds is 6. The van der Waals surface area contributed by atoms with Crippen LogP contribution in [0.3, 0.4) is 0 Å². The normalized spacial score (nSPS) is 10.8. The van der Waals surface area contributed by atoms with E-state index in [2.05, 4.69) is 15.8 Å². The van der Waals surface area contributed by atoms with E-state index in [1.807, 2.05) is 6.92 Å². The summed E-state index contributed by atoms with van der Waals surface area (Å²) in [4.78, 5) is 0. The average molecular weight is 451 g/mol. The Labute approximate surface area is 177 Å². The van der Waals surface area contributed by atoms with Crippen LogP contribution in [0.25, 0.3) is 0 Å². The Hall–Kier alpha value is -1.24. The largest absolute Gasteiger partial charge is 0.486 e. The van der Waals surface area contributed by atoms with Crippen LogP contribution in [0.15, 0.2) is 35.4 Å².